The van der Waals surface area contributed by atoms with Gasteiger partial charge in [-0.05, 0) is 23.6 Å². The summed E-state index contributed by atoms with van der Waals surface area (Å²) in [7, 11) is -3.52. The van der Waals surface area contributed by atoms with Gasteiger partial charge in [0.1, 0.15) is 5.01 Å². The topological polar surface area (TPSA) is 98.0 Å². The maximum atomic E-state index is 12.1. The Morgan fingerprint density at radius 3 is 2.76 bits per heavy atom. The minimum atomic E-state index is -3.52. The maximum absolute atomic E-state index is 12.1. The van der Waals surface area contributed by atoms with Gasteiger partial charge in [-0.2, -0.15) is 0 Å². The number of benzene rings is 1. The molecular formula is C13H18N4O2S2. The SMILES string of the molecule is CC(C)Cc1nnc(NS(=O)(=O)Cc2cccc(N)c2)s1. The molecule has 0 amide bonds. The summed E-state index contributed by atoms with van der Waals surface area (Å²) in [5.74, 6) is 0.312. The van der Waals surface area contributed by atoms with Crippen LogP contribution in [0.25, 0.3) is 0 Å². The van der Waals surface area contributed by atoms with E-state index in [0.29, 0.717) is 22.3 Å². The van der Waals surface area contributed by atoms with Crippen molar-refractivity contribution in [3.05, 3.63) is 34.8 Å². The van der Waals surface area contributed by atoms with E-state index in [1.807, 2.05) is 0 Å². The molecule has 3 N–H and O–H groups in total. The fourth-order valence-corrected chi connectivity index (χ4v) is 4.15. The number of nitrogens with one attached hydrogen (secondary N) is 1. The molecule has 2 rings (SSSR count). The Labute approximate surface area is 128 Å². The summed E-state index contributed by atoms with van der Waals surface area (Å²) in [4.78, 5) is 0. The molecule has 0 fully saturated rings. The van der Waals surface area contributed by atoms with Crippen molar-refractivity contribution < 1.29 is 8.42 Å². The highest BCUT2D eigenvalue weighted by Gasteiger charge is 2.15. The Bertz CT molecular complexity index is 710. The van der Waals surface area contributed by atoms with Crippen LogP contribution in [0.2, 0.25) is 0 Å². The molecule has 0 aliphatic carbocycles. The summed E-state index contributed by atoms with van der Waals surface area (Å²) in [5.41, 5.74) is 6.82. The minimum absolute atomic E-state index is 0.142. The van der Waals surface area contributed by atoms with Gasteiger partial charge in [-0.15, -0.1) is 10.2 Å². The van der Waals surface area contributed by atoms with Crippen LogP contribution in [0.15, 0.2) is 24.3 Å². The molecule has 0 saturated carbocycles. The van der Waals surface area contributed by atoms with E-state index in [4.69, 9.17) is 5.73 Å². The van der Waals surface area contributed by atoms with Gasteiger partial charge in [0.25, 0.3) is 0 Å². The second-order valence-electron chi connectivity index (χ2n) is 5.21. The molecule has 0 radical (unpaired) electrons. The number of rotatable bonds is 6. The van der Waals surface area contributed by atoms with Crippen LogP contribution in [0, 0.1) is 5.92 Å². The van der Waals surface area contributed by atoms with Crippen molar-refractivity contribution in [3.63, 3.8) is 0 Å². The summed E-state index contributed by atoms with van der Waals surface area (Å²) in [6.45, 7) is 4.15. The minimum Gasteiger partial charge on any atom is -0.399 e. The summed E-state index contributed by atoms with van der Waals surface area (Å²) in [6.07, 6.45) is 0.786. The third-order valence-corrected chi connectivity index (χ3v) is 4.81. The van der Waals surface area contributed by atoms with E-state index in [2.05, 4.69) is 28.8 Å². The molecule has 0 saturated heterocycles. The van der Waals surface area contributed by atoms with Gasteiger partial charge < -0.3 is 5.73 Å². The molecule has 0 bridgehead atoms. The zero-order chi connectivity index (χ0) is 15.5. The normalized spacial score (nSPS) is 11.8. The average Bonchev–Trinajstić information content (AvgIpc) is 2.73. The van der Waals surface area contributed by atoms with Crippen LogP contribution in [0.3, 0.4) is 0 Å². The number of aromatic nitrogens is 2. The van der Waals surface area contributed by atoms with Gasteiger partial charge in [-0.1, -0.05) is 37.3 Å². The predicted molar refractivity (Wildman–Crippen MR) is 85.6 cm³/mol. The van der Waals surface area contributed by atoms with Gasteiger partial charge in [0, 0.05) is 12.1 Å². The second kappa shape index (κ2) is 6.40. The fraction of sp³-hybridized carbons (Fsp3) is 0.385. The number of anilines is 2. The number of sulfonamides is 1. The Kier molecular flexibility index (Phi) is 4.79. The lowest BCUT2D eigenvalue weighted by atomic mass is 10.1. The molecule has 0 aliphatic heterocycles. The first-order valence-corrected chi connectivity index (χ1v) is 8.98. The van der Waals surface area contributed by atoms with Gasteiger partial charge in [-0.25, -0.2) is 8.42 Å². The molecule has 2 aromatic rings. The van der Waals surface area contributed by atoms with E-state index in [-0.39, 0.29) is 5.75 Å². The maximum Gasteiger partial charge on any atom is 0.238 e. The van der Waals surface area contributed by atoms with Crippen molar-refractivity contribution >= 4 is 32.2 Å². The summed E-state index contributed by atoms with van der Waals surface area (Å²) in [6, 6.07) is 6.81. The number of nitrogen functional groups attached to an aromatic ring is 1. The van der Waals surface area contributed by atoms with E-state index in [1.165, 1.54) is 11.3 Å². The summed E-state index contributed by atoms with van der Waals surface area (Å²) >= 11 is 1.26. The van der Waals surface area contributed by atoms with Gasteiger partial charge in [-0.3, -0.25) is 4.72 Å². The van der Waals surface area contributed by atoms with Crippen LogP contribution in [-0.2, 0) is 22.2 Å². The van der Waals surface area contributed by atoms with E-state index in [0.717, 1.165) is 11.4 Å². The molecular weight excluding hydrogens is 308 g/mol. The fourth-order valence-electron chi connectivity index (χ4n) is 1.80. The van der Waals surface area contributed by atoms with Gasteiger partial charge >= 0.3 is 0 Å². The van der Waals surface area contributed by atoms with E-state index >= 15 is 0 Å². The molecule has 114 valence electrons. The molecule has 6 nitrogen and oxygen atoms in total. The quantitative estimate of drug-likeness (QED) is 0.793. The molecule has 1 heterocycles. The average molecular weight is 326 g/mol. The smallest absolute Gasteiger partial charge is 0.238 e. The first-order valence-electron chi connectivity index (χ1n) is 6.51. The molecule has 8 heteroatoms. The van der Waals surface area contributed by atoms with Gasteiger partial charge in [0.05, 0.1) is 5.75 Å². The van der Waals surface area contributed by atoms with Crippen LogP contribution in [0.4, 0.5) is 10.8 Å². The highest BCUT2D eigenvalue weighted by molar-refractivity contribution is 7.92. The zero-order valence-electron chi connectivity index (χ0n) is 11.9. The van der Waals surface area contributed by atoms with Crippen molar-refractivity contribution in [3.8, 4) is 0 Å². The monoisotopic (exact) mass is 326 g/mol. The first-order chi connectivity index (χ1) is 9.84. The first kappa shape index (κ1) is 15.7. The van der Waals surface area contributed by atoms with Gasteiger partial charge in [0.15, 0.2) is 0 Å². The standard InChI is InChI=1S/C13H18N4O2S2/c1-9(2)6-12-15-16-13(20-12)17-21(18,19)8-10-4-3-5-11(14)7-10/h3-5,7,9H,6,8,14H2,1-2H3,(H,16,17). The number of hydrogen-bond acceptors (Lipinski definition) is 6. The summed E-state index contributed by atoms with van der Waals surface area (Å²) < 4.78 is 26.7. The van der Waals surface area contributed by atoms with Crippen molar-refractivity contribution in [1.29, 1.82) is 0 Å². The van der Waals surface area contributed by atoms with Crippen LogP contribution < -0.4 is 10.5 Å². The van der Waals surface area contributed by atoms with Crippen molar-refractivity contribution in [2.24, 2.45) is 5.92 Å². The Balaban J connectivity index is 2.05. The molecule has 0 unspecified atom stereocenters. The molecule has 1 aromatic heterocycles. The lowest BCUT2D eigenvalue weighted by Gasteiger charge is -2.05. The summed E-state index contributed by atoms with van der Waals surface area (Å²) in [5, 5.41) is 8.98. The Morgan fingerprint density at radius 1 is 1.33 bits per heavy atom. The highest BCUT2D eigenvalue weighted by Crippen LogP contribution is 2.20. The third-order valence-electron chi connectivity index (χ3n) is 2.60. The lowest BCUT2D eigenvalue weighted by Crippen LogP contribution is -2.15. The Hall–Kier alpha value is -1.67. The van der Waals surface area contributed by atoms with E-state index < -0.39 is 10.0 Å². The predicted octanol–water partition coefficient (Wildman–Crippen LogP) is 2.26. The molecule has 0 atom stereocenters. The third kappa shape index (κ3) is 4.98. The van der Waals surface area contributed by atoms with Gasteiger partial charge in [0.2, 0.25) is 15.2 Å². The Morgan fingerprint density at radius 2 is 2.10 bits per heavy atom. The second-order valence-corrected chi connectivity index (χ2v) is 7.99. The molecule has 0 spiro atoms. The lowest BCUT2D eigenvalue weighted by molar-refractivity contribution is 0.600. The molecule has 21 heavy (non-hydrogen) atoms. The number of nitrogens with two attached hydrogens (primary N) is 1. The van der Waals surface area contributed by atoms with Crippen LogP contribution >= 0.6 is 11.3 Å². The van der Waals surface area contributed by atoms with E-state index in [1.54, 1.807) is 24.3 Å². The van der Waals surface area contributed by atoms with Crippen LogP contribution in [0.1, 0.15) is 24.4 Å². The van der Waals surface area contributed by atoms with Crippen molar-refractivity contribution in [1.82, 2.24) is 10.2 Å². The van der Waals surface area contributed by atoms with Crippen molar-refractivity contribution in [2.75, 3.05) is 10.5 Å². The van der Waals surface area contributed by atoms with E-state index in [9.17, 15) is 8.42 Å². The van der Waals surface area contributed by atoms with Crippen LogP contribution in [0.5, 0.6) is 0 Å². The zero-order valence-corrected chi connectivity index (χ0v) is 13.5. The van der Waals surface area contributed by atoms with Crippen LogP contribution in [-0.4, -0.2) is 18.6 Å². The number of nitrogens with zero attached hydrogens (tertiary/aromatic N) is 2. The number of hydrogen-bond donors (Lipinski definition) is 2. The molecule has 1 aromatic carbocycles. The molecule has 0 aliphatic rings. The largest absolute Gasteiger partial charge is 0.399 e. The van der Waals surface area contributed by atoms with Crippen molar-refractivity contribution in [2.45, 2.75) is 26.0 Å². The highest BCUT2D eigenvalue weighted by atomic mass is 32.2.